The molecular weight excluding hydrogens is 346 g/mol. The summed E-state index contributed by atoms with van der Waals surface area (Å²) in [5.74, 6) is 3.00. The molecule has 2 aromatic rings. The van der Waals surface area contributed by atoms with Gasteiger partial charge in [-0.2, -0.15) is 0 Å². The molecule has 1 aromatic heterocycles. The topological polar surface area (TPSA) is 42.2 Å². The van der Waals surface area contributed by atoms with E-state index in [1.54, 1.807) is 6.07 Å². The Hall–Kier alpha value is -1.48. The molecule has 26 heavy (non-hydrogen) atoms. The van der Waals surface area contributed by atoms with E-state index in [-0.39, 0.29) is 11.9 Å². The number of nitrogens with one attached hydrogen (secondary N) is 1. The zero-order chi connectivity index (χ0) is 18.1. The van der Waals surface area contributed by atoms with Crippen molar-refractivity contribution >= 4 is 28.5 Å². The number of hydrogen-bond acceptors (Lipinski definition) is 2. The van der Waals surface area contributed by atoms with Crippen LogP contribution in [0.3, 0.4) is 0 Å². The van der Waals surface area contributed by atoms with Crippen LogP contribution >= 0.6 is 11.6 Å². The van der Waals surface area contributed by atoms with Gasteiger partial charge in [0.25, 0.3) is 5.91 Å². The first-order valence-corrected chi connectivity index (χ1v) is 10.3. The predicted molar refractivity (Wildman–Crippen MR) is 103 cm³/mol. The molecule has 3 nitrogen and oxygen atoms in total. The van der Waals surface area contributed by atoms with Gasteiger partial charge in [-0.05, 0) is 93.7 Å². The van der Waals surface area contributed by atoms with Crippen LogP contribution < -0.4 is 5.32 Å². The van der Waals surface area contributed by atoms with Gasteiger partial charge in [-0.1, -0.05) is 11.6 Å². The molecule has 4 saturated carbocycles. The summed E-state index contributed by atoms with van der Waals surface area (Å²) in [6.45, 7) is 4.15. The number of aryl methyl sites for hydroxylation is 1. The maximum absolute atomic E-state index is 13.0. The van der Waals surface area contributed by atoms with Gasteiger partial charge in [0.05, 0.1) is 0 Å². The van der Waals surface area contributed by atoms with Crippen LogP contribution in [0.2, 0.25) is 5.02 Å². The number of carbonyl (C=O) groups excluding carboxylic acids is 1. The average Bonchev–Trinajstić information content (AvgIpc) is 2.90. The average molecular weight is 372 g/mol. The molecule has 1 atom stereocenters. The highest BCUT2D eigenvalue weighted by Crippen LogP contribution is 2.61. The SMILES string of the molecule is Cc1c(C(=O)N[C@H](C)C23CC4CC(CC(C4)C2)C3)oc2ccc(Cl)cc12. The van der Waals surface area contributed by atoms with Crippen LogP contribution in [0.25, 0.3) is 11.0 Å². The number of rotatable bonds is 3. The van der Waals surface area contributed by atoms with Gasteiger partial charge in [-0.15, -0.1) is 0 Å². The first-order chi connectivity index (χ1) is 12.4. The fourth-order valence-corrected chi connectivity index (χ4v) is 6.71. The number of carbonyl (C=O) groups is 1. The highest BCUT2D eigenvalue weighted by atomic mass is 35.5. The van der Waals surface area contributed by atoms with E-state index in [1.165, 1.54) is 38.5 Å². The zero-order valence-corrected chi connectivity index (χ0v) is 16.2. The third-order valence-corrected chi connectivity index (χ3v) is 7.69. The van der Waals surface area contributed by atoms with Gasteiger partial charge in [0.2, 0.25) is 0 Å². The summed E-state index contributed by atoms with van der Waals surface area (Å²) in [6.07, 6.45) is 8.12. The normalized spacial score (nSPS) is 33.6. The monoisotopic (exact) mass is 371 g/mol. The molecule has 138 valence electrons. The lowest BCUT2D eigenvalue weighted by molar-refractivity contribution is -0.0688. The van der Waals surface area contributed by atoms with E-state index < -0.39 is 0 Å². The quantitative estimate of drug-likeness (QED) is 0.748. The van der Waals surface area contributed by atoms with Crippen molar-refractivity contribution in [3.8, 4) is 0 Å². The van der Waals surface area contributed by atoms with Crippen LogP contribution in [-0.2, 0) is 0 Å². The third-order valence-electron chi connectivity index (χ3n) is 7.46. The minimum absolute atomic E-state index is 0.0851. The van der Waals surface area contributed by atoms with E-state index in [0.717, 1.165) is 34.3 Å². The lowest BCUT2D eigenvalue weighted by Crippen LogP contribution is -2.55. The Morgan fingerprint density at radius 1 is 1.19 bits per heavy atom. The van der Waals surface area contributed by atoms with Gasteiger partial charge >= 0.3 is 0 Å². The molecule has 1 heterocycles. The Kier molecular flexibility index (Phi) is 3.69. The van der Waals surface area contributed by atoms with E-state index in [4.69, 9.17) is 16.0 Å². The maximum Gasteiger partial charge on any atom is 0.287 e. The molecule has 0 saturated heterocycles. The molecule has 0 unspecified atom stereocenters. The van der Waals surface area contributed by atoms with E-state index in [2.05, 4.69) is 12.2 Å². The summed E-state index contributed by atoms with van der Waals surface area (Å²) in [5.41, 5.74) is 1.89. The van der Waals surface area contributed by atoms with Crippen molar-refractivity contribution in [1.82, 2.24) is 5.32 Å². The standard InChI is InChI=1S/C22H26ClNO2/c1-12-18-8-17(23)3-4-19(18)26-20(12)21(25)24-13(2)22-9-14-5-15(10-22)7-16(6-14)11-22/h3-4,8,13-16H,5-7,9-11H2,1-2H3,(H,24,25)/t13-,14?,15?,16?,22?/m1/s1. The van der Waals surface area contributed by atoms with E-state index >= 15 is 0 Å². The Bertz CT molecular complexity index is 848. The largest absolute Gasteiger partial charge is 0.451 e. The minimum Gasteiger partial charge on any atom is -0.451 e. The van der Waals surface area contributed by atoms with Crippen LogP contribution in [0.1, 0.15) is 61.6 Å². The lowest BCUT2D eigenvalue weighted by atomic mass is 9.48. The predicted octanol–water partition coefficient (Wildman–Crippen LogP) is 5.73. The number of benzene rings is 1. The van der Waals surface area contributed by atoms with Crippen molar-refractivity contribution in [3.05, 3.63) is 34.5 Å². The van der Waals surface area contributed by atoms with Crippen LogP contribution in [-0.4, -0.2) is 11.9 Å². The van der Waals surface area contributed by atoms with Crippen LogP contribution in [0.15, 0.2) is 22.6 Å². The number of amides is 1. The molecule has 4 bridgehead atoms. The van der Waals surface area contributed by atoms with Gasteiger partial charge in [0, 0.05) is 22.0 Å². The van der Waals surface area contributed by atoms with Crippen molar-refractivity contribution in [2.24, 2.45) is 23.2 Å². The molecule has 0 spiro atoms. The highest BCUT2D eigenvalue weighted by Gasteiger charge is 2.53. The highest BCUT2D eigenvalue weighted by molar-refractivity contribution is 6.31. The van der Waals surface area contributed by atoms with Gasteiger partial charge in [0.15, 0.2) is 5.76 Å². The summed E-state index contributed by atoms with van der Waals surface area (Å²) in [6, 6.07) is 5.70. The number of hydrogen-bond donors (Lipinski definition) is 1. The maximum atomic E-state index is 13.0. The smallest absolute Gasteiger partial charge is 0.287 e. The second-order valence-electron chi connectivity index (χ2n) is 9.17. The molecule has 1 amide bonds. The second kappa shape index (κ2) is 5.76. The molecule has 4 aliphatic rings. The molecule has 1 N–H and O–H groups in total. The van der Waals surface area contributed by atoms with Crippen LogP contribution in [0.5, 0.6) is 0 Å². The Balaban J connectivity index is 1.39. The summed E-state index contributed by atoms with van der Waals surface area (Å²) in [7, 11) is 0. The van der Waals surface area contributed by atoms with Crippen molar-refractivity contribution in [2.45, 2.75) is 58.4 Å². The first-order valence-electron chi connectivity index (χ1n) is 9.93. The Morgan fingerprint density at radius 3 is 2.42 bits per heavy atom. The molecule has 4 aliphatic carbocycles. The molecule has 0 radical (unpaired) electrons. The third kappa shape index (κ3) is 2.51. The van der Waals surface area contributed by atoms with Crippen molar-refractivity contribution in [3.63, 3.8) is 0 Å². The summed E-state index contributed by atoms with van der Waals surface area (Å²) in [5, 5.41) is 4.89. The second-order valence-corrected chi connectivity index (χ2v) is 9.61. The minimum atomic E-state index is -0.0851. The van der Waals surface area contributed by atoms with E-state index in [0.29, 0.717) is 16.2 Å². The molecular formula is C22H26ClNO2. The molecule has 4 fully saturated rings. The van der Waals surface area contributed by atoms with Crippen LogP contribution in [0, 0.1) is 30.1 Å². The number of furan rings is 1. The van der Waals surface area contributed by atoms with Gasteiger partial charge < -0.3 is 9.73 Å². The van der Waals surface area contributed by atoms with E-state index in [1.807, 2.05) is 19.1 Å². The fourth-order valence-electron chi connectivity index (χ4n) is 6.53. The van der Waals surface area contributed by atoms with Crippen LogP contribution in [0.4, 0.5) is 0 Å². The summed E-state index contributed by atoms with van der Waals surface area (Å²) in [4.78, 5) is 13.0. The van der Waals surface area contributed by atoms with Crippen molar-refractivity contribution < 1.29 is 9.21 Å². The molecule has 4 heteroatoms. The summed E-state index contributed by atoms with van der Waals surface area (Å²) < 4.78 is 5.86. The van der Waals surface area contributed by atoms with Crippen molar-refractivity contribution in [2.75, 3.05) is 0 Å². The first kappa shape index (κ1) is 16.7. The van der Waals surface area contributed by atoms with Gasteiger partial charge in [-0.25, -0.2) is 0 Å². The fraction of sp³-hybridized carbons (Fsp3) is 0.591. The number of fused-ring (bicyclic) bond motifs is 1. The van der Waals surface area contributed by atoms with Gasteiger partial charge in [-0.3, -0.25) is 4.79 Å². The lowest BCUT2D eigenvalue weighted by Gasteiger charge is -2.59. The zero-order valence-electron chi connectivity index (χ0n) is 15.5. The Morgan fingerprint density at radius 2 is 1.81 bits per heavy atom. The molecule has 1 aromatic carbocycles. The van der Waals surface area contributed by atoms with E-state index in [9.17, 15) is 4.79 Å². The number of halogens is 1. The molecule has 6 rings (SSSR count). The van der Waals surface area contributed by atoms with Gasteiger partial charge in [0.1, 0.15) is 5.58 Å². The Labute approximate surface area is 159 Å². The molecule has 0 aliphatic heterocycles. The summed E-state index contributed by atoms with van der Waals surface area (Å²) >= 11 is 6.10. The van der Waals surface area contributed by atoms with Crippen molar-refractivity contribution in [1.29, 1.82) is 0 Å².